The molecule has 1 aliphatic rings. The second-order valence-electron chi connectivity index (χ2n) is 5.13. The van der Waals surface area contributed by atoms with Crippen LogP contribution in [0.5, 0.6) is 0 Å². The molecule has 0 fully saturated rings. The molecule has 4 rings (SSSR count). The SMILES string of the molecule is Nc1ncc(-c2ccc3c(c2)CS(=O)(=O)N3)c2n[c]ccc12. The zero-order valence-corrected chi connectivity index (χ0v) is 12.2. The molecule has 0 atom stereocenters. The van der Waals surface area contributed by atoms with E-state index in [2.05, 4.69) is 20.9 Å². The lowest BCUT2D eigenvalue weighted by Crippen LogP contribution is -2.05. The van der Waals surface area contributed by atoms with Crippen molar-refractivity contribution in [2.45, 2.75) is 5.75 Å². The van der Waals surface area contributed by atoms with Gasteiger partial charge in [0.25, 0.3) is 0 Å². The lowest BCUT2D eigenvalue weighted by Gasteiger charge is -2.08. The van der Waals surface area contributed by atoms with Gasteiger partial charge in [0.1, 0.15) is 5.82 Å². The number of sulfonamides is 1. The fraction of sp³-hybridized carbons (Fsp3) is 0.0667. The topological polar surface area (TPSA) is 98.0 Å². The van der Waals surface area contributed by atoms with Gasteiger partial charge in [-0.25, -0.2) is 18.4 Å². The highest BCUT2D eigenvalue weighted by atomic mass is 32.2. The Morgan fingerprint density at radius 3 is 3.00 bits per heavy atom. The molecule has 0 aliphatic carbocycles. The van der Waals surface area contributed by atoms with Crippen molar-refractivity contribution < 1.29 is 8.42 Å². The Balaban J connectivity index is 1.93. The number of nitrogen functional groups attached to an aromatic ring is 1. The summed E-state index contributed by atoms with van der Waals surface area (Å²) in [6, 6.07) is 8.93. The molecule has 0 unspecified atom stereocenters. The van der Waals surface area contributed by atoms with E-state index >= 15 is 0 Å². The zero-order valence-electron chi connectivity index (χ0n) is 11.4. The molecule has 0 saturated carbocycles. The van der Waals surface area contributed by atoms with Crippen molar-refractivity contribution in [3.8, 4) is 11.1 Å². The Morgan fingerprint density at radius 2 is 2.14 bits per heavy atom. The molecular formula is C15H11N4O2S. The van der Waals surface area contributed by atoms with E-state index in [1.54, 1.807) is 18.3 Å². The average Bonchev–Trinajstić information content (AvgIpc) is 2.81. The van der Waals surface area contributed by atoms with E-state index in [0.717, 1.165) is 22.1 Å². The summed E-state index contributed by atoms with van der Waals surface area (Å²) in [6.07, 6.45) is 4.45. The van der Waals surface area contributed by atoms with Crippen LogP contribution in [0.4, 0.5) is 11.5 Å². The number of benzene rings is 1. The summed E-state index contributed by atoms with van der Waals surface area (Å²) in [4.78, 5) is 8.46. The van der Waals surface area contributed by atoms with Crippen LogP contribution in [0.1, 0.15) is 5.56 Å². The number of nitrogens with two attached hydrogens (primary N) is 1. The lowest BCUT2D eigenvalue weighted by molar-refractivity contribution is 0.602. The number of fused-ring (bicyclic) bond motifs is 2. The molecule has 22 heavy (non-hydrogen) atoms. The third-order valence-corrected chi connectivity index (χ3v) is 4.87. The maximum absolute atomic E-state index is 11.6. The van der Waals surface area contributed by atoms with Gasteiger partial charge < -0.3 is 5.73 Å². The molecule has 2 aromatic heterocycles. The average molecular weight is 311 g/mol. The first-order valence-corrected chi connectivity index (χ1v) is 8.24. The number of hydrogen-bond donors (Lipinski definition) is 2. The summed E-state index contributed by atoms with van der Waals surface area (Å²) in [5, 5.41) is 0.752. The zero-order chi connectivity index (χ0) is 15.3. The summed E-state index contributed by atoms with van der Waals surface area (Å²) in [5.74, 6) is 0.390. The van der Waals surface area contributed by atoms with Crippen molar-refractivity contribution in [3.05, 3.63) is 48.3 Å². The van der Waals surface area contributed by atoms with E-state index in [1.807, 2.05) is 18.2 Å². The Kier molecular flexibility index (Phi) is 2.61. The number of aromatic nitrogens is 2. The highest BCUT2D eigenvalue weighted by Crippen LogP contribution is 2.34. The van der Waals surface area contributed by atoms with Crippen molar-refractivity contribution in [3.63, 3.8) is 0 Å². The standard InChI is InChI=1S/C15H11N4O2S/c16-15-11-2-1-5-17-14(11)12(7-18-15)9-3-4-13-10(6-9)8-22(20,21)19-13/h1-4,6-7,19H,8H2,(H2,16,18). The molecule has 0 amide bonds. The largest absolute Gasteiger partial charge is 0.383 e. The summed E-state index contributed by atoms with van der Waals surface area (Å²) in [5.41, 5.74) is 9.58. The van der Waals surface area contributed by atoms with Gasteiger partial charge in [-0.2, -0.15) is 0 Å². The molecule has 1 aliphatic heterocycles. The van der Waals surface area contributed by atoms with Crippen LogP contribution in [0.15, 0.2) is 36.5 Å². The molecule has 0 saturated heterocycles. The van der Waals surface area contributed by atoms with Crippen LogP contribution in [0.2, 0.25) is 0 Å². The van der Waals surface area contributed by atoms with E-state index < -0.39 is 10.0 Å². The second-order valence-corrected chi connectivity index (χ2v) is 6.85. The molecule has 3 heterocycles. The first-order valence-electron chi connectivity index (χ1n) is 6.58. The van der Waals surface area contributed by atoms with E-state index in [1.165, 1.54) is 0 Å². The predicted molar refractivity (Wildman–Crippen MR) is 84.5 cm³/mol. The molecule has 0 spiro atoms. The molecule has 6 nitrogen and oxygen atoms in total. The Bertz CT molecular complexity index is 1020. The van der Waals surface area contributed by atoms with Crippen molar-refractivity contribution in [1.82, 2.24) is 9.97 Å². The van der Waals surface area contributed by atoms with Crippen molar-refractivity contribution in [1.29, 1.82) is 0 Å². The monoisotopic (exact) mass is 311 g/mol. The highest BCUT2D eigenvalue weighted by Gasteiger charge is 2.24. The number of nitrogens with one attached hydrogen (secondary N) is 1. The van der Waals surface area contributed by atoms with Crippen LogP contribution >= 0.6 is 0 Å². The van der Waals surface area contributed by atoms with Crippen molar-refractivity contribution >= 4 is 32.4 Å². The van der Waals surface area contributed by atoms with Gasteiger partial charge in [-0.15, -0.1) is 0 Å². The number of rotatable bonds is 1. The number of hydrogen-bond acceptors (Lipinski definition) is 5. The van der Waals surface area contributed by atoms with Gasteiger partial charge in [0.05, 0.1) is 23.2 Å². The smallest absolute Gasteiger partial charge is 0.237 e. The minimum Gasteiger partial charge on any atom is -0.383 e. The number of anilines is 2. The molecule has 0 bridgehead atoms. The van der Waals surface area contributed by atoms with Gasteiger partial charge in [-0.1, -0.05) is 6.07 Å². The van der Waals surface area contributed by atoms with Gasteiger partial charge in [0.2, 0.25) is 10.0 Å². The van der Waals surface area contributed by atoms with Crippen LogP contribution in [0.25, 0.3) is 22.0 Å². The summed E-state index contributed by atoms with van der Waals surface area (Å²) in [7, 11) is -3.26. The number of pyridine rings is 2. The van der Waals surface area contributed by atoms with Crippen LogP contribution in [-0.2, 0) is 15.8 Å². The molecule has 1 radical (unpaired) electrons. The first-order chi connectivity index (χ1) is 10.5. The fourth-order valence-electron chi connectivity index (χ4n) is 2.64. The predicted octanol–water partition coefficient (Wildman–Crippen LogP) is 1.93. The third kappa shape index (κ3) is 1.98. The van der Waals surface area contributed by atoms with Crippen molar-refractivity contribution in [2.75, 3.05) is 10.5 Å². The van der Waals surface area contributed by atoms with Crippen LogP contribution in [0.3, 0.4) is 0 Å². The summed E-state index contributed by atoms with van der Waals surface area (Å²) < 4.78 is 25.8. The van der Waals surface area contributed by atoms with Gasteiger partial charge in [0.15, 0.2) is 0 Å². The molecular weight excluding hydrogens is 300 g/mol. The molecule has 3 N–H and O–H groups in total. The quantitative estimate of drug-likeness (QED) is 0.715. The minimum atomic E-state index is -3.26. The van der Waals surface area contributed by atoms with E-state index in [-0.39, 0.29) is 5.75 Å². The Hall–Kier alpha value is -2.67. The van der Waals surface area contributed by atoms with Crippen LogP contribution in [-0.4, -0.2) is 18.4 Å². The summed E-state index contributed by atoms with van der Waals surface area (Å²) in [6.45, 7) is 0. The van der Waals surface area contributed by atoms with E-state index in [4.69, 9.17) is 5.73 Å². The molecule has 1 aromatic carbocycles. The fourth-order valence-corrected chi connectivity index (χ4v) is 3.89. The third-order valence-electron chi connectivity index (χ3n) is 3.65. The van der Waals surface area contributed by atoms with Gasteiger partial charge in [-0.3, -0.25) is 4.72 Å². The minimum absolute atomic E-state index is 0.0178. The van der Waals surface area contributed by atoms with Gasteiger partial charge in [-0.05, 0) is 35.4 Å². The Labute approximate surface area is 127 Å². The van der Waals surface area contributed by atoms with E-state index in [0.29, 0.717) is 17.0 Å². The summed E-state index contributed by atoms with van der Waals surface area (Å²) >= 11 is 0. The maximum Gasteiger partial charge on any atom is 0.237 e. The molecule has 3 aromatic rings. The number of nitrogens with zero attached hydrogens (tertiary/aromatic N) is 2. The first kappa shape index (κ1) is 13.0. The van der Waals surface area contributed by atoms with E-state index in [9.17, 15) is 8.42 Å². The Morgan fingerprint density at radius 1 is 1.27 bits per heavy atom. The van der Waals surface area contributed by atoms with Crippen molar-refractivity contribution in [2.24, 2.45) is 0 Å². The maximum atomic E-state index is 11.6. The molecule has 7 heteroatoms. The van der Waals surface area contributed by atoms with Crippen LogP contribution < -0.4 is 10.5 Å². The highest BCUT2D eigenvalue weighted by molar-refractivity contribution is 7.92. The molecule has 109 valence electrons. The van der Waals surface area contributed by atoms with Gasteiger partial charge in [0, 0.05) is 17.1 Å². The second kappa shape index (κ2) is 4.41. The lowest BCUT2D eigenvalue weighted by atomic mass is 10.0. The van der Waals surface area contributed by atoms with Gasteiger partial charge >= 0.3 is 0 Å². The normalized spacial score (nSPS) is 15.5. The van der Waals surface area contributed by atoms with Crippen LogP contribution in [0, 0.1) is 6.20 Å².